The van der Waals surface area contributed by atoms with Crippen LogP contribution < -0.4 is 9.47 Å². The zero-order valence-corrected chi connectivity index (χ0v) is 7.61. The molecular formula is C9H11NO3. The SMILES string of the molecule is COc1ccc(C2CO2)c(OC)n1. The lowest BCUT2D eigenvalue weighted by molar-refractivity contribution is 0.351. The summed E-state index contributed by atoms with van der Waals surface area (Å²) in [6.07, 6.45) is 0.161. The normalized spacial score (nSPS) is 19.7. The van der Waals surface area contributed by atoms with Gasteiger partial charge in [0.1, 0.15) is 6.10 Å². The average molecular weight is 181 g/mol. The van der Waals surface area contributed by atoms with Crippen molar-refractivity contribution in [2.75, 3.05) is 20.8 Å². The molecule has 2 heterocycles. The van der Waals surface area contributed by atoms with Crippen LogP contribution in [0.25, 0.3) is 0 Å². The minimum Gasteiger partial charge on any atom is -0.481 e. The molecule has 2 rings (SSSR count). The molecule has 0 amide bonds. The Bertz CT molecular complexity index is 310. The van der Waals surface area contributed by atoms with E-state index in [9.17, 15) is 0 Å². The van der Waals surface area contributed by atoms with Gasteiger partial charge < -0.3 is 14.2 Å². The topological polar surface area (TPSA) is 43.9 Å². The molecule has 4 heteroatoms. The van der Waals surface area contributed by atoms with Crippen molar-refractivity contribution in [1.82, 2.24) is 4.98 Å². The third-order valence-corrected chi connectivity index (χ3v) is 1.95. The summed E-state index contributed by atoms with van der Waals surface area (Å²) in [4.78, 5) is 4.15. The summed E-state index contributed by atoms with van der Waals surface area (Å²) in [7, 11) is 3.17. The fraction of sp³-hybridized carbons (Fsp3) is 0.444. The van der Waals surface area contributed by atoms with Crippen molar-refractivity contribution in [2.45, 2.75) is 6.10 Å². The molecule has 0 N–H and O–H groups in total. The van der Waals surface area contributed by atoms with Gasteiger partial charge in [0.2, 0.25) is 11.8 Å². The highest BCUT2D eigenvalue weighted by atomic mass is 16.6. The molecule has 13 heavy (non-hydrogen) atoms. The molecule has 4 nitrogen and oxygen atoms in total. The molecule has 0 saturated carbocycles. The molecular weight excluding hydrogens is 170 g/mol. The molecule has 1 atom stereocenters. The molecule has 70 valence electrons. The third-order valence-electron chi connectivity index (χ3n) is 1.95. The summed E-state index contributed by atoms with van der Waals surface area (Å²) in [5, 5.41) is 0. The van der Waals surface area contributed by atoms with Crippen molar-refractivity contribution >= 4 is 0 Å². The second-order valence-electron chi connectivity index (χ2n) is 2.77. The van der Waals surface area contributed by atoms with E-state index in [0.29, 0.717) is 11.8 Å². The van der Waals surface area contributed by atoms with Crippen LogP contribution in [-0.4, -0.2) is 25.8 Å². The van der Waals surface area contributed by atoms with Crippen molar-refractivity contribution in [2.24, 2.45) is 0 Å². The largest absolute Gasteiger partial charge is 0.481 e. The number of methoxy groups -OCH3 is 2. The number of aromatic nitrogens is 1. The van der Waals surface area contributed by atoms with Gasteiger partial charge in [0.05, 0.1) is 20.8 Å². The number of epoxide rings is 1. The van der Waals surface area contributed by atoms with Crippen molar-refractivity contribution in [3.63, 3.8) is 0 Å². The molecule has 0 aliphatic carbocycles. The van der Waals surface area contributed by atoms with Crippen molar-refractivity contribution in [3.8, 4) is 11.8 Å². The van der Waals surface area contributed by atoms with E-state index in [1.807, 2.05) is 6.07 Å². The van der Waals surface area contributed by atoms with Gasteiger partial charge in [-0.2, -0.15) is 4.98 Å². The predicted molar refractivity (Wildman–Crippen MR) is 46.0 cm³/mol. The summed E-state index contributed by atoms with van der Waals surface area (Å²) >= 11 is 0. The first-order chi connectivity index (χ1) is 6.35. The fourth-order valence-corrected chi connectivity index (χ4v) is 1.18. The Kier molecular flexibility index (Phi) is 2.06. The van der Waals surface area contributed by atoms with Crippen molar-refractivity contribution in [3.05, 3.63) is 17.7 Å². The van der Waals surface area contributed by atoms with Crippen LogP contribution >= 0.6 is 0 Å². The highest BCUT2D eigenvalue weighted by molar-refractivity contribution is 5.34. The monoisotopic (exact) mass is 181 g/mol. The quantitative estimate of drug-likeness (QED) is 0.656. The number of rotatable bonds is 3. The highest BCUT2D eigenvalue weighted by Gasteiger charge is 2.28. The summed E-state index contributed by atoms with van der Waals surface area (Å²) in [6.45, 7) is 0.754. The Morgan fingerprint density at radius 3 is 2.69 bits per heavy atom. The molecule has 1 aliphatic heterocycles. The molecule has 1 fully saturated rings. The molecule has 1 saturated heterocycles. The third kappa shape index (κ3) is 1.58. The van der Waals surface area contributed by atoms with Crippen LogP contribution in [0.1, 0.15) is 11.7 Å². The average Bonchev–Trinajstić information content (AvgIpc) is 3.00. The predicted octanol–water partition coefficient (Wildman–Crippen LogP) is 1.17. The lowest BCUT2D eigenvalue weighted by atomic mass is 10.2. The van der Waals surface area contributed by atoms with Gasteiger partial charge >= 0.3 is 0 Å². The van der Waals surface area contributed by atoms with Crippen LogP contribution in [0.15, 0.2) is 12.1 Å². The van der Waals surface area contributed by atoms with E-state index >= 15 is 0 Å². The first kappa shape index (κ1) is 8.31. The molecule has 1 aliphatic rings. The van der Waals surface area contributed by atoms with Crippen LogP contribution in [0, 0.1) is 0 Å². The zero-order chi connectivity index (χ0) is 9.26. The first-order valence-corrected chi connectivity index (χ1v) is 4.05. The van der Waals surface area contributed by atoms with Crippen LogP contribution in [0.5, 0.6) is 11.8 Å². The summed E-state index contributed by atoms with van der Waals surface area (Å²) in [5.41, 5.74) is 0.989. The number of ether oxygens (including phenoxy) is 3. The Labute approximate surface area is 76.4 Å². The Hall–Kier alpha value is -1.29. The van der Waals surface area contributed by atoms with E-state index in [0.717, 1.165) is 12.2 Å². The lowest BCUT2D eigenvalue weighted by Crippen LogP contribution is -1.96. The van der Waals surface area contributed by atoms with Crippen LogP contribution in [0.3, 0.4) is 0 Å². The molecule has 0 aromatic carbocycles. The minimum atomic E-state index is 0.161. The zero-order valence-electron chi connectivity index (χ0n) is 7.61. The lowest BCUT2D eigenvalue weighted by Gasteiger charge is -2.06. The van der Waals surface area contributed by atoms with Gasteiger partial charge in [-0.25, -0.2) is 0 Å². The second-order valence-corrected chi connectivity index (χ2v) is 2.77. The van der Waals surface area contributed by atoms with E-state index in [4.69, 9.17) is 14.2 Å². The maximum Gasteiger partial charge on any atom is 0.222 e. The molecule has 1 aromatic heterocycles. The maximum absolute atomic E-state index is 5.15. The molecule has 0 bridgehead atoms. The molecule has 0 radical (unpaired) electrons. The van der Waals surface area contributed by atoms with Crippen LogP contribution in [0.4, 0.5) is 0 Å². The van der Waals surface area contributed by atoms with E-state index in [1.54, 1.807) is 20.3 Å². The minimum absolute atomic E-state index is 0.161. The van der Waals surface area contributed by atoms with Crippen molar-refractivity contribution < 1.29 is 14.2 Å². The van der Waals surface area contributed by atoms with E-state index < -0.39 is 0 Å². The van der Waals surface area contributed by atoms with E-state index in [2.05, 4.69) is 4.98 Å². The van der Waals surface area contributed by atoms with Crippen molar-refractivity contribution in [1.29, 1.82) is 0 Å². The van der Waals surface area contributed by atoms with E-state index in [1.165, 1.54) is 0 Å². The van der Waals surface area contributed by atoms with Gasteiger partial charge in [-0.3, -0.25) is 0 Å². The Balaban J connectivity index is 2.33. The van der Waals surface area contributed by atoms with Crippen LogP contribution in [0.2, 0.25) is 0 Å². The standard InChI is InChI=1S/C9H11NO3/c1-11-8-4-3-6(7-5-13-7)9(10-8)12-2/h3-4,7H,5H2,1-2H3. The summed E-state index contributed by atoms with van der Waals surface area (Å²) in [5.74, 6) is 1.14. The Morgan fingerprint density at radius 2 is 2.15 bits per heavy atom. The smallest absolute Gasteiger partial charge is 0.222 e. The fourth-order valence-electron chi connectivity index (χ4n) is 1.18. The summed E-state index contributed by atoms with van der Waals surface area (Å²) < 4.78 is 15.2. The van der Waals surface area contributed by atoms with Gasteiger partial charge in [-0.1, -0.05) is 0 Å². The number of nitrogens with zero attached hydrogens (tertiary/aromatic N) is 1. The number of pyridine rings is 1. The maximum atomic E-state index is 5.15. The van der Waals surface area contributed by atoms with Gasteiger partial charge in [0.15, 0.2) is 0 Å². The van der Waals surface area contributed by atoms with E-state index in [-0.39, 0.29) is 6.10 Å². The first-order valence-electron chi connectivity index (χ1n) is 4.05. The van der Waals surface area contributed by atoms with Gasteiger partial charge in [-0.15, -0.1) is 0 Å². The van der Waals surface area contributed by atoms with Gasteiger partial charge in [0.25, 0.3) is 0 Å². The number of hydrogen-bond acceptors (Lipinski definition) is 4. The summed E-state index contributed by atoms with van der Waals surface area (Å²) in [6, 6.07) is 3.72. The second kappa shape index (κ2) is 3.22. The number of hydrogen-bond donors (Lipinski definition) is 0. The van der Waals surface area contributed by atoms with Gasteiger partial charge in [0, 0.05) is 11.6 Å². The van der Waals surface area contributed by atoms with Crippen LogP contribution in [-0.2, 0) is 4.74 Å². The van der Waals surface area contributed by atoms with Gasteiger partial charge in [-0.05, 0) is 6.07 Å². The molecule has 1 aromatic rings. The molecule has 1 unspecified atom stereocenters. The molecule has 0 spiro atoms. The highest BCUT2D eigenvalue weighted by Crippen LogP contribution is 2.35. The Morgan fingerprint density at radius 1 is 1.38 bits per heavy atom.